The van der Waals surface area contributed by atoms with Crippen LogP contribution in [0.2, 0.25) is 5.02 Å². The summed E-state index contributed by atoms with van der Waals surface area (Å²) < 4.78 is 11.5. The highest BCUT2D eigenvalue weighted by molar-refractivity contribution is 6.30. The topological polar surface area (TPSA) is 51.1 Å². The largest absolute Gasteiger partial charge is 0.490 e. The van der Waals surface area contributed by atoms with E-state index in [-0.39, 0.29) is 11.9 Å². The molecule has 1 unspecified atom stereocenters. The lowest BCUT2D eigenvalue weighted by molar-refractivity contribution is -0.130. The van der Waals surface area contributed by atoms with Crippen molar-refractivity contribution in [1.29, 1.82) is 0 Å². The molecule has 6 heteroatoms. The van der Waals surface area contributed by atoms with Crippen molar-refractivity contribution in [3.63, 3.8) is 0 Å². The number of hydrogen-bond acceptors (Lipinski definition) is 4. The van der Waals surface area contributed by atoms with Crippen molar-refractivity contribution in [1.82, 2.24) is 5.01 Å². The van der Waals surface area contributed by atoms with Crippen LogP contribution in [-0.2, 0) is 4.79 Å². The van der Waals surface area contributed by atoms with Gasteiger partial charge in [0, 0.05) is 24.8 Å². The molecule has 134 valence electrons. The normalized spacial score (nSPS) is 19.1. The van der Waals surface area contributed by atoms with E-state index in [2.05, 4.69) is 5.10 Å². The van der Waals surface area contributed by atoms with Gasteiger partial charge < -0.3 is 9.47 Å². The van der Waals surface area contributed by atoms with Gasteiger partial charge in [-0.05, 0) is 35.4 Å². The second kappa shape index (κ2) is 7.00. The Morgan fingerprint density at radius 3 is 2.58 bits per heavy atom. The van der Waals surface area contributed by atoms with Crippen molar-refractivity contribution >= 4 is 23.2 Å². The standard InChI is InChI=1S/C20H19ClN2O3/c1-13(24)23-18(12-17(22-23)14-3-6-16(21)7-4-14)15-5-8-19-20(11-15)26-10-2-9-25-19/h3-8,11,18H,2,9-10,12H2,1H3. The predicted octanol–water partition coefficient (Wildman–Crippen LogP) is 4.20. The van der Waals surface area contributed by atoms with Gasteiger partial charge in [0.15, 0.2) is 11.5 Å². The number of nitrogens with zero attached hydrogens (tertiary/aromatic N) is 2. The maximum absolute atomic E-state index is 12.1. The summed E-state index contributed by atoms with van der Waals surface area (Å²) in [6, 6.07) is 13.2. The number of amides is 1. The first-order valence-electron chi connectivity index (χ1n) is 8.64. The third-order valence-corrected chi connectivity index (χ3v) is 4.82. The van der Waals surface area contributed by atoms with Crippen molar-refractivity contribution in [2.24, 2.45) is 5.10 Å². The average molecular weight is 371 g/mol. The zero-order valence-corrected chi connectivity index (χ0v) is 15.2. The maximum atomic E-state index is 12.1. The van der Waals surface area contributed by atoms with Crippen molar-refractivity contribution < 1.29 is 14.3 Å². The van der Waals surface area contributed by atoms with E-state index in [1.54, 1.807) is 5.01 Å². The van der Waals surface area contributed by atoms with Gasteiger partial charge in [0.25, 0.3) is 0 Å². The molecule has 1 atom stereocenters. The number of ether oxygens (including phenoxy) is 2. The molecule has 0 fully saturated rings. The first-order chi connectivity index (χ1) is 12.6. The van der Waals surface area contributed by atoms with Gasteiger partial charge in [-0.15, -0.1) is 0 Å². The molecule has 0 spiro atoms. The molecule has 0 radical (unpaired) electrons. The maximum Gasteiger partial charge on any atom is 0.240 e. The van der Waals surface area contributed by atoms with E-state index < -0.39 is 0 Å². The minimum absolute atomic E-state index is 0.0916. The SMILES string of the molecule is CC(=O)N1N=C(c2ccc(Cl)cc2)CC1c1ccc2c(c1)OCCCO2. The van der Waals surface area contributed by atoms with E-state index in [1.165, 1.54) is 6.92 Å². The van der Waals surface area contributed by atoms with E-state index in [1.807, 2.05) is 42.5 Å². The van der Waals surface area contributed by atoms with Crippen molar-refractivity contribution in [3.05, 3.63) is 58.6 Å². The lowest BCUT2D eigenvalue weighted by Gasteiger charge is -2.21. The summed E-state index contributed by atoms with van der Waals surface area (Å²) in [5.74, 6) is 1.38. The van der Waals surface area contributed by atoms with Crippen molar-refractivity contribution in [2.45, 2.75) is 25.8 Å². The lowest BCUT2D eigenvalue weighted by atomic mass is 9.98. The minimum Gasteiger partial charge on any atom is -0.490 e. The molecule has 1 amide bonds. The zero-order valence-electron chi connectivity index (χ0n) is 14.4. The van der Waals surface area contributed by atoms with E-state index in [9.17, 15) is 4.79 Å². The summed E-state index contributed by atoms with van der Waals surface area (Å²) in [4.78, 5) is 12.1. The Bertz CT molecular complexity index is 864. The Labute approximate surface area is 157 Å². The first-order valence-corrected chi connectivity index (χ1v) is 9.02. The second-order valence-corrected chi connectivity index (χ2v) is 6.83. The Kier molecular flexibility index (Phi) is 4.55. The quantitative estimate of drug-likeness (QED) is 0.796. The molecular weight excluding hydrogens is 352 g/mol. The van der Waals surface area contributed by atoms with Gasteiger partial charge in [-0.25, -0.2) is 5.01 Å². The first kappa shape index (κ1) is 16.9. The molecular formula is C20H19ClN2O3. The van der Waals surface area contributed by atoms with Crippen LogP contribution in [0.1, 0.15) is 36.9 Å². The number of hydrazone groups is 1. The molecule has 5 nitrogen and oxygen atoms in total. The fraction of sp³-hybridized carbons (Fsp3) is 0.300. The van der Waals surface area contributed by atoms with Crippen LogP contribution in [-0.4, -0.2) is 29.8 Å². The highest BCUT2D eigenvalue weighted by Crippen LogP contribution is 2.38. The molecule has 26 heavy (non-hydrogen) atoms. The van der Waals surface area contributed by atoms with Crippen LogP contribution in [0.3, 0.4) is 0 Å². The summed E-state index contributed by atoms with van der Waals surface area (Å²) >= 11 is 5.97. The monoisotopic (exact) mass is 370 g/mol. The van der Waals surface area contributed by atoms with Crippen LogP contribution in [0.25, 0.3) is 0 Å². The molecule has 2 heterocycles. The van der Waals surface area contributed by atoms with E-state index in [0.717, 1.165) is 34.8 Å². The van der Waals surface area contributed by atoms with Gasteiger partial charge in [-0.1, -0.05) is 29.8 Å². The van der Waals surface area contributed by atoms with E-state index in [4.69, 9.17) is 21.1 Å². The minimum atomic E-state index is -0.157. The number of fused-ring (bicyclic) bond motifs is 1. The molecule has 0 aromatic heterocycles. The summed E-state index contributed by atoms with van der Waals surface area (Å²) in [6.45, 7) is 2.81. The molecule has 0 saturated heterocycles. The van der Waals surface area contributed by atoms with Crippen molar-refractivity contribution in [3.8, 4) is 11.5 Å². The summed E-state index contributed by atoms with van der Waals surface area (Å²) in [5, 5.41) is 6.78. The Balaban J connectivity index is 1.65. The van der Waals surface area contributed by atoms with Crippen LogP contribution in [0.4, 0.5) is 0 Å². The average Bonchev–Trinajstić information content (AvgIpc) is 2.95. The van der Waals surface area contributed by atoms with Gasteiger partial charge in [0.05, 0.1) is 25.0 Å². The highest BCUT2D eigenvalue weighted by Gasteiger charge is 2.32. The van der Waals surface area contributed by atoms with E-state index in [0.29, 0.717) is 24.7 Å². The fourth-order valence-electron chi connectivity index (χ4n) is 3.26. The number of hydrogen-bond donors (Lipinski definition) is 0. The lowest BCUT2D eigenvalue weighted by Crippen LogP contribution is -2.24. The number of rotatable bonds is 2. The van der Waals surface area contributed by atoms with Gasteiger partial charge in [0.2, 0.25) is 5.91 Å². The Hall–Kier alpha value is -2.53. The smallest absolute Gasteiger partial charge is 0.240 e. The van der Waals surface area contributed by atoms with Crippen LogP contribution in [0.5, 0.6) is 11.5 Å². The van der Waals surface area contributed by atoms with Gasteiger partial charge >= 0.3 is 0 Å². The second-order valence-electron chi connectivity index (χ2n) is 6.39. The Morgan fingerprint density at radius 1 is 1.12 bits per heavy atom. The van der Waals surface area contributed by atoms with Gasteiger partial charge in [-0.2, -0.15) is 5.10 Å². The number of benzene rings is 2. The van der Waals surface area contributed by atoms with Gasteiger partial charge in [0.1, 0.15) is 0 Å². The summed E-state index contributed by atoms with van der Waals surface area (Å²) in [7, 11) is 0. The molecule has 2 aliphatic heterocycles. The molecule has 0 saturated carbocycles. The molecule has 0 bridgehead atoms. The Morgan fingerprint density at radius 2 is 1.85 bits per heavy atom. The van der Waals surface area contributed by atoms with Crippen LogP contribution in [0, 0.1) is 0 Å². The molecule has 0 N–H and O–H groups in total. The number of carbonyl (C=O) groups is 1. The molecule has 4 rings (SSSR count). The van der Waals surface area contributed by atoms with Crippen LogP contribution in [0.15, 0.2) is 47.6 Å². The molecule has 0 aliphatic carbocycles. The molecule has 2 aliphatic rings. The van der Waals surface area contributed by atoms with E-state index >= 15 is 0 Å². The molecule has 2 aromatic carbocycles. The number of carbonyl (C=O) groups excluding carboxylic acids is 1. The molecule has 2 aromatic rings. The van der Waals surface area contributed by atoms with Crippen LogP contribution < -0.4 is 9.47 Å². The number of halogens is 1. The zero-order chi connectivity index (χ0) is 18.1. The van der Waals surface area contributed by atoms with Gasteiger partial charge in [-0.3, -0.25) is 4.79 Å². The third-order valence-electron chi connectivity index (χ3n) is 4.57. The predicted molar refractivity (Wildman–Crippen MR) is 99.9 cm³/mol. The summed E-state index contributed by atoms with van der Waals surface area (Å²) in [5.41, 5.74) is 2.82. The fourth-order valence-corrected chi connectivity index (χ4v) is 3.39. The highest BCUT2D eigenvalue weighted by atomic mass is 35.5. The van der Waals surface area contributed by atoms with Crippen LogP contribution >= 0.6 is 11.6 Å². The third kappa shape index (κ3) is 3.27. The van der Waals surface area contributed by atoms with Crippen molar-refractivity contribution in [2.75, 3.05) is 13.2 Å². The summed E-state index contributed by atoms with van der Waals surface area (Å²) in [6.07, 6.45) is 1.50.